The molecule has 0 spiro atoms. The minimum atomic E-state index is -0.227. The molecule has 1 aromatic carbocycles. The zero-order valence-electron chi connectivity index (χ0n) is 17.0. The van der Waals surface area contributed by atoms with Gasteiger partial charge in [0.1, 0.15) is 4.83 Å². The molecule has 4 rings (SSSR count). The predicted octanol–water partition coefficient (Wildman–Crippen LogP) is 3.35. The highest BCUT2D eigenvalue weighted by atomic mass is 32.1. The average Bonchev–Trinajstić information content (AvgIpc) is 3.11. The number of likely N-dealkylation sites (tertiary alicyclic amines) is 1. The van der Waals surface area contributed by atoms with E-state index in [1.165, 1.54) is 23.2 Å². The quantitative estimate of drug-likeness (QED) is 0.671. The monoisotopic (exact) mass is 424 g/mol. The van der Waals surface area contributed by atoms with Crippen LogP contribution in [-0.2, 0) is 11.2 Å². The number of thiophene rings is 1. The fourth-order valence-corrected chi connectivity index (χ4v) is 5.00. The highest BCUT2D eigenvalue weighted by molar-refractivity contribution is 7.20. The SMILES string of the molecule is CCc1cccc(NC(=O)C2CCN(C(=O)c3sc4nc[nH]c(=O)c4c3C)CC2)c1. The number of rotatable bonds is 4. The van der Waals surface area contributed by atoms with E-state index in [-0.39, 0.29) is 23.3 Å². The third-order valence-corrected chi connectivity index (χ3v) is 6.87. The summed E-state index contributed by atoms with van der Waals surface area (Å²) in [7, 11) is 0. The molecule has 0 unspecified atom stereocenters. The van der Waals surface area contributed by atoms with Crippen LogP contribution in [0.4, 0.5) is 5.69 Å². The Hall–Kier alpha value is -3.00. The lowest BCUT2D eigenvalue weighted by atomic mass is 9.95. The van der Waals surface area contributed by atoms with Crippen LogP contribution >= 0.6 is 11.3 Å². The second-order valence-corrected chi connectivity index (χ2v) is 8.58. The van der Waals surface area contributed by atoms with Crippen LogP contribution in [0.1, 0.15) is 40.6 Å². The second kappa shape index (κ2) is 8.39. The summed E-state index contributed by atoms with van der Waals surface area (Å²) >= 11 is 1.25. The number of amides is 2. The van der Waals surface area contributed by atoms with E-state index in [1.807, 2.05) is 24.3 Å². The molecule has 7 nitrogen and oxygen atoms in total. The first-order valence-corrected chi connectivity index (χ1v) is 11.0. The number of carbonyl (C=O) groups is 2. The van der Waals surface area contributed by atoms with Gasteiger partial charge < -0.3 is 15.2 Å². The molecule has 3 aromatic rings. The van der Waals surface area contributed by atoms with E-state index in [1.54, 1.807) is 11.8 Å². The fraction of sp³-hybridized carbons (Fsp3) is 0.364. The van der Waals surface area contributed by atoms with Crippen molar-refractivity contribution < 1.29 is 9.59 Å². The highest BCUT2D eigenvalue weighted by Gasteiger charge is 2.30. The Morgan fingerprint density at radius 2 is 2.07 bits per heavy atom. The van der Waals surface area contributed by atoms with Crippen LogP contribution in [-0.4, -0.2) is 39.8 Å². The van der Waals surface area contributed by atoms with Crippen LogP contribution < -0.4 is 10.9 Å². The molecule has 0 bridgehead atoms. The van der Waals surface area contributed by atoms with Gasteiger partial charge in [0.2, 0.25) is 5.91 Å². The largest absolute Gasteiger partial charge is 0.338 e. The molecule has 1 aliphatic rings. The van der Waals surface area contributed by atoms with E-state index in [4.69, 9.17) is 0 Å². The summed E-state index contributed by atoms with van der Waals surface area (Å²) < 4.78 is 0. The molecule has 2 amide bonds. The zero-order valence-corrected chi connectivity index (χ0v) is 17.8. The van der Waals surface area contributed by atoms with E-state index < -0.39 is 0 Å². The number of aromatic amines is 1. The minimum Gasteiger partial charge on any atom is -0.338 e. The molecule has 1 saturated heterocycles. The maximum absolute atomic E-state index is 13.0. The summed E-state index contributed by atoms with van der Waals surface area (Å²) in [5.74, 6) is -0.208. The lowest BCUT2D eigenvalue weighted by Crippen LogP contribution is -2.41. The lowest BCUT2D eigenvalue weighted by Gasteiger charge is -2.31. The molecule has 0 saturated carbocycles. The number of hydrogen-bond acceptors (Lipinski definition) is 5. The van der Waals surface area contributed by atoms with Crippen molar-refractivity contribution in [2.24, 2.45) is 5.92 Å². The Morgan fingerprint density at radius 3 is 2.77 bits per heavy atom. The first-order chi connectivity index (χ1) is 14.5. The van der Waals surface area contributed by atoms with Crippen LogP contribution in [0.25, 0.3) is 10.2 Å². The number of hydrogen-bond donors (Lipinski definition) is 2. The molecule has 3 heterocycles. The number of H-pyrrole nitrogens is 1. The van der Waals surface area contributed by atoms with Crippen molar-refractivity contribution in [3.05, 3.63) is 57.0 Å². The van der Waals surface area contributed by atoms with E-state index >= 15 is 0 Å². The first kappa shape index (κ1) is 20.3. The van der Waals surface area contributed by atoms with Crippen molar-refractivity contribution in [2.75, 3.05) is 18.4 Å². The summed E-state index contributed by atoms with van der Waals surface area (Å²) in [6.07, 6.45) is 3.51. The molecule has 30 heavy (non-hydrogen) atoms. The molecule has 0 aliphatic carbocycles. The van der Waals surface area contributed by atoms with Gasteiger partial charge in [-0.25, -0.2) is 4.98 Å². The fourth-order valence-electron chi connectivity index (χ4n) is 3.88. The van der Waals surface area contributed by atoms with Gasteiger partial charge in [0.15, 0.2) is 0 Å². The molecule has 2 N–H and O–H groups in total. The zero-order chi connectivity index (χ0) is 21.3. The van der Waals surface area contributed by atoms with Gasteiger partial charge in [-0.3, -0.25) is 14.4 Å². The Balaban J connectivity index is 1.41. The van der Waals surface area contributed by atoms with Crippen LogP contribution in [0, 0.1) is 12.8 Å². The van der Waals surface area contributed by atoms with E-state index in [0.717, 1.165) is 12.1 Å². The van der Waals surface area contributed by atoms with Gasteiger partial charge in [0.25, 0.3) is 11.5 Å². The van der Waals surface area contributed by atoms with Gasteiger partial charge in [-0.05, 0) is 49.4 Å². The first-order valence-electron chi connectivity index (χ1n) is 10.1. The van der Waals surface area contributed by atoms with Crippen molar-refractivity contribution in [2.45, 2.75) is 33.1 Å². The maximum Gasteiger partial charge on any atom is 0.264 e. The van der Waals surface area contributed by atoms with Gasteiger partial charge in [-0.2, -0.15) is 0 Å². The number of nitrogens with one attached hydrogen (secondary N) is 2. The number of aryl methyl sites for hydroxylation is 2. The topological polar surface area (TPSA) is 95.2 Å². The molecule has 1 aliphatic heterocycles. The summed E-state index contributed by atoms with van der Waals surface area (Å²) in [6.45, 7) is 4.90. The third-order valence-electron chi connectivity index (χ3n) is 5.68. The van der Waals surface area contributed by atoms with Crippen LogP contribution in [0.15, 0.2) is 35.4 Å². The van der Waals surface area contributed by atoms with Gasteiger partial charge in [-0.1, -0.05) is 19.1 Å². The van der Waals surface area contributed by atoms with Gasteiger partial charge in [0.05, 0.1) is 16.6 Å². The van der Waals surface area contributed by atoms with E-state index in [2.05, 4.69) is 22.2 Å². The van der Waals surface area contributed by atoms with Crippen LogP contribution in [0.2, 0.25) is 0 Å². The Labute approximate surface area is 178 Å². The Bertz CT molecular complexity index is 1160. The number of fused-ring (bicyclic) bond motifs is 1. The normalized spacial score (nSPS) is 14.8. The van der Waals surface area contributed by atoms with Gasteiger partial charge in [-0.15, -0.1) is 11.3 Å². The average molecular weight is 425 g/mol. The van der Waals surface area contributed by atoms with Crippen molar-refractivity contribution >= 4 is 39.1 Å². The Kier molecular flexibility index (Phi) is 5.67. The van der Waals surface area contributed by atoms with Crippen LogP contribution in [0.5, 0.6) is 0 Å². The van der Waals surface area contributed by atoms with Crippen molar-refractivity contribution in [1.29, 1.82) is 0 Å². The number of piperidine rings is 1. The number of carbonyl (C=O) groups excluding carboxylic acids is 2. The third kappa shape index (κ3) is 3.87. The lowest BCUT2D eigenvalue weighted by molar-refractivity contribution is -0.121. The molecule has 8 heteroatoms. The predicted molar refractivity (Wildman–Crippen MR) is 118 cm³/mol. The van der Waals surface area contributed by atoms with Crippen LogP contribution in [0.3, 0.4) is 0 Å². The summed E-state index contributed by atoms with van der Waals surface area (Å²) in [4.78, 5) is 47.4. The molecule has 156 valence electrons. The molecule has 0 atom stereocenters. The number of aromatic nitrogens is 2. The number of nitrogens with zero attached hydrogens (tertiary/aromatic N) is 2. The Morgan fingerprint density at radius 1 is 1.30 bits per heavy atom. The molecule has 1 fully saturated rings. The number of benzene rings is 1. The molecular weight excluding hydrogens is 400 g/mol. The van der Waals surface area contributed by atoms with Crippen molar-refractivity contribution in [3.63, 3.8) is 0 Å². The van der Waals surface area contributed by atoms with Crippen molar-refractivity contribution in [3.8, 4) is 0 Å². The maximum atomic E-state index is 13.0. The van der Waals surface area contributed by atoms with Gasteiger partial charge >= 0.3 is 0 Å². The molecule has 0 radical (unpaired) electrons. The molecule has 2 aromatic heterocycles. The minimum absolute atomic E-state index is 0.00382. The smallest absolute Gasteiger partial charge is 0.264 e. The highest BCUT2D eigenvalue weighted by Crippen LogP contribution is 2.29. The standard InChI is InChI=1S/C22H24N4O3S/c1-3-14-5-4-6-16(11-14)25-19(27)15-7-9-26(10-8-15)22(29)18-13(2)17-20(28)23-12-24-21(17)30-18/h4-6,11-12,15H,3,7-10H2,1-2H3,(H,25,27)(H,23,24,28). The summed E-state index contributed by atoms with van der Waals surface area (Å²) in [6, 6.07) is 7.88. The summed E-state index contributed by atoms with van der Waals surface area (Å²) in [5, 5.41) is 3.49. The van der Waals surface area contributed by atoms with Gasteiger partial charge in [0, 0.05) is 24.7 Å². The van der Waals surface area contributed by atoms with E-state index in [9.17, 15) is 14.4 Å². The van der Waals surface area contributed by atoms with E-state index in [0.29, 0.717) is 46.6 Å². The number of anilines is 1. The second-order valence-electron chi connectivity index (χ2n) is 7.58. The van der Waals surface area contributed by atoms with Crippen molar-refractivity contribution in [1.82, 2.24) is 14.9 Å². The summed E-state index contributed by atoms with van der Waals surface area (Å²) in [5.41, 5.74) is 2.44. The molecular formula is C22H24N4O3S.